The van der Waals surface area contributed by atoms with Crippen molar-refractivity contribution in [2.24, 2.45) is 5.73 Å². The van der Waals surface area contributed by atoms with Crippen molar-refractivity contribution in [1.82, 2.24) is 9.62 Å². The molecular formula is C15H21N3O3S. The number of nitrogens with zero attached hydrogens (tertiary/aromatic N) is 1. The number of sulfonamides is 1. The molecule has 0 aromatic heterocycles. The standard InChI is InChI=1S/C15H21N3O3S/c16-15(19)11-1-5-14(6-2-11)22(20,21)17-12-7-9-18(10-8-12)13-3-4-13/h1-2,5-6,12-13,17H,3-4,7-10H2,(H2,16,19). The topological polar surface area (TPSA) is 92.5 Å². The molecule has 1 saturated heterocycles. The molecule has 0 bridgehead atoms. The summed E-state index contributed by atoms with van der Waals surface area (Å²) in [6.07, 6.45) is 4.25. The number of hydrogen-bond donors (Lipinski definition) is 2. The third-order valence-electron chi connectivity index (χ3n) is 4.36. The van der Waals surface area contributed by atoms with Crippen molar-refractivity contribution in [2.45, 2.75) is 42.7 Å². The fourth-order valence-electron chi connectivity index (χ4n) is 2.91. The highest BCUT2D eigenvalue weighted by molar-refractivity contribution is 7.89. The van der Waals surface area contributed by atoms with Gasteiger partial charge in [-0.1, -0.05) is 0 Å². The number of carbonyl (C=O) groups excluding carboxylic acids is 1. The van der Waals surface area contributed by atoms with Crippen LogP contribution in [0, 0.1) is 0 Å². The Morgan fingerprint density at radius 1 is 1.09 bits per heavy atom. The number of carbonyl (C=O) groups is 1. The molecule has 2 fully saturated rings. The zero-order valence-corrected chi connectivity index (χ0v) is 13.2. The maximum absolute atomic E-state index is 12.4. The molecule has 0 atom stereocenters. The number of nitrogens with two attached hydrogens (primary N) is 1. The Labute approximate surface area is 130 Å². The summed E-state index contributed by atoms with van der Waals surface area (Å²) in [6.45, 7) is 1.91. The third kappa shape index (κ3) is 3.48. The highest BCUT2D eigenvalue weighted by atomic mass is 32.2. The first-order valence-electron chi connectivity index (χ1n) is 7.62. The molecule has 120 valence electrons. The van der Waals surface area contributed by atoms with Crippen LogP contribution in [-0.4, -0.2) is 44.4 Å². The molecule has 1 aliphatic heterocycles. The van der Waals surface area contributed by atoms with Crippen molar-refractivity contribution < 1.29 is 13.2 Å². The van der Waals surface area contributed by atoms with E-state index in [1.807, 2.05) is 0 Å². The van der Waals surface area contributed by atoms with Crippen molar-refractivity contribution in [1.29, 1.82) is 0 Å². The van der Waals surface area contributed by atoms with Crippen LogP contribution in [0.3, 0.4) is 0 Å². The van der Waals surface area contributed by atoms with Crippen LogP contribution in [0.2, 0.25) is 0 Å². The van der Waals surface area contributed by atoms with Gasteiger partial charge < -0.3 is 10.6 Å². The summed E-state index contributed by atoms with van der Waals surface area (Å²) in [5, 5.41) is 0. The van der Waals surface area contributed by atoms with E-state index in [1.165, 1.54) is 37.1 Å². The summed E-state index contributed by atoms with van der Waals surface area (Å²) < 4.78 is 27.5. The van der Waals surface area contributed by atoms with E-state index in [9.17, 15) is 13.2 Å². The number of rotatable bonds is 5. The Morgan fingerprint density at radius 2 is 1.68 bits per heavy atom. The molecule has 2 aliphatic rings. The quantitative estimate of drug-likeness (QED) is 0.834. The first-order chi connectivity index (χ1) is 10.5. The average molecular weight is 323 g/mol. The van der Waals surface area contributed by atoms with Crippen LogP contribution in [0.4, 0.5) is 0 Å². The Balaban J connectivity index is 1.62. The highest BCUT2D eigenvalue weighted by Crippen LogP contribution is 2.29. The molecule has 1 saturated carbocycles. The van der Waals surface area contributed by atoms with Crippen molar-refractivity contribution in [3.63, 3.8) is 0 Å². The molecule has 1 amide bonds. The SMILES string of the molecule is NC(=O)c1ccc(S(=O)(=O)NC2CCN(C3CC3)CC2)cc1. The highest BCUT2D eigenvalue weighted by Gasteiger charge is 2.32. The predicted molar refractivity (Wildman–Crippen MR) is 82.9 cm³/mol. The van der Waals surface area contributed by atoms with E-state index < -0.39 is 15.9 Å². The molecule has 0 radical (unpaired) electrons. The van der Waals surface area contributed by atoms with Gasteiger partial charge in [-0.25, -0.2) is 13.1 Å². The van der Waals surface area contributed by atoms with Gasteiger partial charge in [-0.2, -0.15) is 0 Å². The largest absolute Gasteiger partial charge is 0.366 e. The fraction of sp³-hybridized carbons (Fsp3) is 0.533. The van der Waals surface area contributed by atoms with Crippen LogP contribution in [0.15, 0.2) is 29.2 Å². The Kier molecular flexibility index (Phi) is 4.20. The molecular weight excluding hydrogens is 302 g/mol. The van der Waals surface area contributed by atoms with E-state index in [4.69, 9.17) is 5.73 Å². The molecule has 22 heavy (non-hydrogen) atoms. The monoisotopic (exact) mass is 323 g/mol. The molecule has 6 nitrogen and oxygen atoms in total. The lowest BCUT2D eigenvalue weighted by Crippen LogP contribution is -2.45. The molecule has 1 heterocycles. The van der Waals surface area contributed by atoms with Gasteiger partial charge in [0.2, 0.25) is 15.9 Å². The van der Waals surface area contributed by atoms with Crippen molar-refractivity contribution in [2.75, 3.05) is 13.1 Å². The van der Waals surface area contributed by atoms with Crippen molar-refractivity contribution in [3.05, 3.63) is 29.8 Å². The van der Waals surface area contributed by atoms with Gasteiger partial charge in [-0.05, 0) is 63.0 Å². The predicted octanol–water partition coefficient (Wildman–Crippen LogP) is 0.691. The Morgan fingerprint density at radius 3 is 2.18 bits per heavy atom. The lowest BCUT2D eigenvalue weighted by Gasteiger charge is -2.32. The van der Waals surface area contributed by atoms with Gasteiger partial charge in [0.25, 0.3) is 0 Å². The van der Waals surface area contributed by atoms with Crippen molar-refractivity contribution >= 4 is 15.9 Å². The molecule has 1 aromatic rings. The normalized spacial score (nSPS) is 20.9. The molecule has 1 aliphatic carbocycles. The third-order valence-corrected chi connectivity index (χ3v) is 5.90. The van der Waals surface area contributed by atoms with Gasteiger partial charge in [-0.3, -0.25) is 4.79 Å². The van der Waals surface area contributed by atoms with E-state index in [2.05, 4.69) is 9.62 Å². The molecule has 3 N–H and O–H groups in total. The van der Waals surface area contributed by atoms with Crippen LogP contribution in [0.5, 0.6) is 0 Å². The minimum Gasteiger partial charge on any atom is -0.366 e. The van der Waals surface area contributed by atoms with E-state index in [1.54, 1.807) is 0 Å². The Bertz CT molecular complexity index is 645. The number of nitrogens with one attached hydrogen (secondary N) is 1. The second-order valence-electron chi connectivity index (χ2n) is 6.05. The maximum atomic E-state index is 12.4. The van der Waals surface area contributed by atoms with Crippen LogP contribution in [-0.2, 0) is 10.0 Å². The number of benzene rings is 1. The van der Waals surface area contributed by atoms with Gasteiger partial charge >= 0.3 is 0 Å². The molecule has 1 aromatic carbocycles. The molecule has 3 rings (SSSR count). The molecule has 7 heteroatoms. The van der Waals surface area contributed by atoms with Gasteiger partial charge in [0.1, 0.15) is 0 Å². The second kappa shape index (κ2) is 5.98. The van der Waals surface area contributed by atoms with E-state index in [0.29, 0.717) is 5.56 Å². The van der Waals surface area contributed by atoms with Crippen LogP contribution >= 0.6 is 0 Å². The van der Waals surface area contributed by atoms with E-state index in [0.717, 1.165) is 32.0 Å². The Hall–Kier alpha value is -1.44. The second-order valence-corrected chi connectivity index (χ2v) is 7.77. The first kappa shape index (κ1) is 15.5. The molecule has 0 unspecified atom stereocenters. The van der Waals surface area contributed by atoms with Gasteiger partial charge in [0.15, 0.2) is 0 Å². The summed E-state index contributed by atoms with van der Waals surface area (Å²) in [5.41, 5.74) is 5.46. The van der Waals surface area contributed by atoms with Gasteiger partial charge in [0, 0.05) is 17.6 Å². The summed E-state index contributed by atoms with van der Waals surface area (Å²) in [5.74, 6) is -0.565. The number of likely N-dealkylation sites (tertiary alicyclic amines) is 1. The minimum absolute atomic E-state index is 0.0178. The zero-order chi connectivity index (χ0) is 15.7. The lowest BCUT2D eigenvalue weighted by molar-refractivity contribution is 0.1000. The van der Waals surface area contributed by atoms with Gasteiger partial charge in [-0.15, -0.1) is 0 Å². The van der Waals surface area contributed by atoms with Crippen molar-refractivity contribution in [3.8, 4) is 0 Å². The first-order valence-corrected chi connectivity index (χ1v) is 9.10. The van der Waals surface area contributed by atoms with Crippen LogP contribution < -0.4 is 10.5 Å². The summed E-state index contributed by atoms with van der Waals surface area (Å²) in [4.78, 5) is 13.6. The summed E-state index contributed by atoms with van der Waals surface area (Å²) >= 11 is 0. The summed E-state index contributed by atoms with van der Waals surface area (Å²) in [7, 11) is -3.55. The average Bonchev–Trinajstić information content (AvgIpc) is 3.32. The van der Waals surface area contributed by atoms with E-state index >= 15 is 0 Å². The smallest absolute Gasteiger partial charge is 0.248 e. The van der Waals surface area contributed by atoms with Crippen LogP contribution in [0.1, 0.15) is 36.0 Å². The van der Waals surface area contributed by atoms with Gasteiger partial charge in [0.05, 0.1) is 4.90 Å². The fourth-order valence-corrected chi connectivity index (χ4v) is 4.21. The summed E-state index contributed by atoms with van der Waals surface area (Å²) in [6, 6.07) is 6.43. The maximum Gasteiger partial charge on any atom is 0.248 e. The number of hydrogen-bond acceptors (Lipinski definition) is 4. The molecule has 0 spiro atoms. The van der Waals surface area contributed by atoms with Crippen LogP contribution in [0.25, 0.3) is 0 Å². The number of amides is 1. The van der Waals surface area contributed by atoms with E-state index in [-0.39, 0.29) is 10.9 Å². The minimum atomic E-state index is -3.55. The number of piperidine rings is 1. The zero-order valence-electron chi connectivity index (χ0n) is 12.4. The number of primary amides is 1. The lowest BCUT2D eigenvalue weighted by atomic mass is 10.1.